The fourth-order valence-electron chi connectivity index (χ4n) is 4.88. The lowest BCUT2D eigenvalue weighted by Crippen LogP contribution is -2.54. The van der Waals surface area contributed by atoms with E-state index >= 15 is 0 Å². The summed E-state index contributed by atoms with van der Waals surface area (Å²) in [5.41, 5.74) is 12.7. The zero-order chi connectivity index (χ0) is 23.5. The van der Waals surface area contributed by atoms with Gasteiger partial charge in [0.2, 0.25) is 5.91 Å². The van der Waals surface area contributed by atoms with Gasteiger partial charge >= 0.3 is 0 Å². The largest absolute Gasteiger partial charge is 0.385 e. The first-order valence-electron chi connectivity index (χ1n) is 11.7. The maximum Gasteiger partial charge on any atom is 0.262 e. The molecule has 1 saturated heterocycles. The summed E-state index contributed by atoms with van der Waals surface area (Å²) in [6.45, 7) is 1.72. The summed E-state index contributed by atoms with van der Waals surface area (Å²) >= 11 is 0. The van der Waals surface area contributed by atoms with Gasteiger partial charge in [0, 0.05) is 13.1 Å². The van der Waals surface area contributed by atoms with Crippen molar-refractivity contribution in [3.05, 3.63) is 47.0 Å². The van der Waals surface area contributed by atoms with Gasteiger partial charge in [-0.25, -0.2) is 4.39 Å². The third kappa shape index (κ3) is 5.19. The minimum Gasteiger partial charge on any atom is -0.385 e. The van der Waals surface area contributed by atoms with Crippen molar-refractivity contribution >= 4 is 17.6 Å². The van der Waals surface area contributed by atoms with Gasteiger partial charge in [0.1, 0.15) is 17.2 Å². The van der Waals surface area contributed by atoms with Crippen LogP contribution in [0.15, 0.2) is 35.7 Å². The number of amides is 2. The number of nitrogens with zero attached hydrogens (tertiary/aromatic N) is 3. The van der Waals surface area contributed by atoms with E-state index in [-0.39, 0.29) is 37.0 Å². The molecule has 0 spiro atoms. The second kappa shape index (κ2) is 9.91. The highest BCUT2D eigenvalue weighted by molar-refractivity contribution is 6.20. The number of likely N-dealkylation sites (tertiary alicyclic amines) is 1. The molecule has 1 unspecified atom stereocenters. The van der Waals surface area contributed by atoms with Gasteiger partial charge in [-0.2, -0.15) is 0 Å². The molecule has 3 aliphatic rings. The molecule has 1 aliphatic carbocycles. The fourth-order valence-corrected chi connectivity index (χ4v) is 4.88. The Morgan fingerprint density at radius 3 is 2.39 bits per heavy atom. The van der Waals surface area contributed by atoms with Gasteiger partial charge in [-0.3, -0.25) is 19.3 Å². The van der Waals surface area contributed by atoms with E-state index in [1.807, 2.05) is 4.90 Å². The second-order valence-corrected chi connectivity index (χ2v) is 9.36. The molecule has 8 nitrogen and oxygen atoms in total. The lowest BCUT2D eigenvalue weighted by molar-refractivity contribution is -0.134. The molecular weight excluding hydrogens is 425 g/mol. The van der Waals surface area contributed by atoms with Crippen LogP contribution in [0.4, 0.5) is 4.39 Å². The van der Waals surface area contributed by atoms with Crippen molar-refractivity contribution in [1.82, 2.24) is 14.7 Å². The van der Waals surface area contributed by atoms with Crippen molar-refractivity contribution < 1.29 is 18.8 Å². The maximum absolute atomic E-state index is 13.4. The molecule has 2 heterocycles. The molecule has 33 heavy (non-hydrogen) atoms. The molecule has 0 aromatic heterocycles. The Labute approximate surface area is 193 Å². The third-order valence-electron chi connectivity index (χ3n) is 7.00. The number of carbonyl (C=O) groups is 3. The topological polar surface area (TPSA) is 113 Å². The Kier molecular flexibility index (Phi) is 6.97. The minimum absolute atomic E-state index is 0.0310. The number of primary amides is 1. The molecule has 1 atom stereocenters. The molecular formula is C24H32FN5O3. The zero-order valence-electron chi connectivity index (χ0n) is 18.8. The highest BCUT2D eigenvalue weighted by Gasteiger charge is 2.38. The summed E-state index contributed by atoms with van der Waals surface area (Å²) in [5, 5.41) is 0. The first-order valence-corrected chi connectivity index (χ1v) is 11.7. The first kappa shape index (κ1) is 23.2. The van der Waals surface area contributed by atoms with Crippen molar-refractivity contribution in [2.24, 2.45) is 17.4 Å². The van der Waals surface area contributed by atoms with Crippen molar-refractivity contribution in [2.45, 2.75) is 51.1 Å². The smallest absolute Gasteiger partial charge is 0.262 e. The Morgan fingerprint density at radius 1 is 1.03 bits per heavy atom. The van der Waals surface area contributed by atoms with Crippen LogP contribution in [0.5, 0.6) is 0 Å². The van der Waals surface area contributed by atoms with Gasteiger partial charge in [0.25, 0.3) is 5.91 Å². The predicted molar refractivity (Wildman–Crippen MR) is 120 cm³/mol. The van der Waals surface area contributed by atoms with Crippen LogP contribution in [0, 0.1) is 11.7 Å². The molecule has 1 aromatic carbocycles. The Balaban J connectivity index is 1.57. The van der Waals surface area contributed by atoms with Crippen LogP contribution in [-0.4, -0.2) is 64.6 Å². The number of carbonyl (C=O) groups excluding carboxylic acids is 3. The number of hydrogen-bond acceptors (Lipinski definition) is 6. The fraction of sp³-hybridized carbons (Fsp3) is 0.542. The molecule has 2 aliphatic heterocycles. The second-order valence-electron chi connectivity index (χ2n) is 9.36. The van der Waals surface area contributed by atoms with Gasteiger partial charge in [-0.05, 0) is 55.8 Å². The average molecular weight is 458 g/mol. The van der Waals surface area contributed by atoms with Crippen LogP contribution in [0.3, 0.4) is 0 Å². The van der Waals surface area contributed by atoms with E-state index in [0.717, 1.165) is 31.2 Å². The molecule has 9 heteroatoms. The summed E-state index contributed by atoms with van der Waals surface area (Å²) in [6.07, 6.45) is 5.73. The number of ketones is 1. The Bertz CT molecular complexity index is 944. The van der Waals surface area contributed by atoms with Gasteiger partial charge in [-0.15, -0.1) is 0 Å². The van der Waals surface area contributed by atoms with Crippen molar-refractivity contribution in [1.29, 1.82) is 0 Å². The summed E-state index contributed by atoms with van der Waals surface area (Å²) < 4.78 is 13.3. The number of nitrogens with two attached hydrogens (primary N) is 2. The highest BCUT2D eigenvalue weighted by Crippen LogP contribution is 2.30. The van der Waals surface area contributed by atoms with Gasteiger partial charge in [-0.1, -0.05) is 25.0 Å². The maximum atomic E-state index is 13.4. The molecule has 178 valence electrons. The molecule has 1 saturated carbocycles. The molecule has 4 N–H and O–H groups in total. The zero-order valence-corrected chi connectivity index (χ0v) is 18.8. The van der Waals surface area contributed by atoms with Crippen LogP contribution < -0.4 is 11.5 Å². The Hall–Kier alpha value is -2.94. The molecule has 2 amide bonds. The van der Waals surface area contributed by atoms with E-state index in [4.69, 9.17) is 11.5 Å². The summed E-state index contributed by atoms with van der Waals surface area (Å²) in [5.74, 6) is -0.931. The lowest BCUT2D eigenvalue weighted by atomic mass is 9.85. The summed E-state index contributed by atoms with van der Waals surface area (Å²) in [6, 6.07) is 5.46. The van der Waals surface area contributed by atoms with Crippen molar-refractivity contribution in [2.75, 3.05) is 26.3 Å². The van der Waals surface area contributed by atoms with Crippen LogP contribution >= 0.6 is 0 Å². The van der Waals surface area contributed by atoms with E-state index in [1.165, 1.54) is 18.6 Å². The third-order valence-corrected chi connectivity index (χ3v) is 7.00. The van der Waals surface area contributed by atoms with Crippen LogP contribution in [0.1, 0.15) is 44.1 Å². The number of hydrogen-bond donors (Lipinski definition) is 2. The number of piperidine rings is 1. The summed E-state index contributed by atoms with van der Waals surface area (Å²) in [7, 11) is 0. The number of halogens is 1. The van der Waals surface area contributed by atoms with E-state index in [2.05, 4.69) is 0 Å². The van der Waals surface area contributed by atoms with Crippen molar-refractivity contribution in [3.8, 4) is 0 Å². The normalized spacial score (nSPS) is 22.5. The highest BCUT2D eigenvalue weighted by atomic mass is 19.1. The van der Waals surface area contributed by atoms with Crippen LogP contribution in [0.2, 0.25) is 0 Å². The van der Waals surface area contributed by atoms with E-state index in [0.29, 0.717) is 25.4 Å². The van der Waals surface area contributed by atoms with Crippen LogP contribution in [0.25, 0.3) is 0 Å². The predicted octanol–water partition coefficient (Wildman–Crippen LogP) is 1.31. The van der Waals surface area contributed by atoms with Gasteiger partial charge < -0.3 is 21.3 Å². The monoisotopic (exact) mass is 457 g/mol. The van der Waals surface area contributed by atoms with Crippen molar-refractivity contribution in [3.63, 3.8) is 0 Å². The quantitative estimate of drug-likeness (QED) is 0.569. The first-order chi connectivity index (χ1) is 15.8. The van der Waals surface area contributed by atoms with E-state index in [9.17, 15) is 18.8 Å². The van der Waals surface area contributed by atoms with E-state index < -0.39 is 23.6 Å². The standard InChI is InChI=1S/C24H32FN5O3/c25-18-9-7-17(8-10-18)13-30-15-29(12-16-4-3-5-16)22(26)21(24(30)33)20(31)14-28-11-2-1-6-19(28)23(27)32/h7-10,16,19H,1-6,11-15,26H2,(H2,27,32). The number of benzene rings is 1. The minimum atomic E-state index is -0.510. The SMILES string of the molecule is NC(=O)C1CCCCN1CC(=O)C1=C(N)N(CC2CCC2)CN(Cc2ccc(F)cc2)C1=O. The van der Waals surface area contributed by atoms with Gasteiger partial charge in [0.15, 0.2) is 5.78 Å². The molecule has 2 fully saturated rings. The van der Waals surface area contributed by atoms with Crippen LogP contribution in [-0.2, 0) is 20.9 Å². The number of Topliss-reactive ketones (excluding diaryl/α,β-unsaturated/α-hetero) is 1. The molecule has 0 bridgehead atoms. The lowest BCUT2D eigenvalue weighted by Gasteiger charge is -2.41. The van der Waals surface area contributed by atoms with Gasteiger partial charge in [0.05, 0.1) is 19.3 Å². The molecule has 0 radical (unpaired) electrons. The number of rotatable bonds is 8. The average Bonchev–Trinajstić information content (AvgIpc) is 2.75. The van der Waals surface area contributed by atoms with E-state index in [1.54, 1.807) is 21.9 Å². The molecule has 1 aromatic rings. The summed E-state index contributed by atoms with van der Waals surface area (Å²) in [4.78, 5) is 43.8. The molecule has 4 rings (SSSR count). The Morgan fingerprint density at radius 2 is 1.76 bits per heavy atom.